The average Bonchev–Trinajstić information content (AvgIpc) is 3.04. The molecule has 1 fully saturated rings. The molecule has 0 spiro atoms. The molecule has 6 nitrogen and oxygen atoms in total. The van der Waals surface area contributed by atoms with E-state index in [4.69, 9.17) is 0 Å². The lowest BCUT2D eigenvalue weighted by atomic mass is 10.2. The summed E-state index contributed by atoms with van der Waals surface area (Å²) in [5.41, 5.74) is 1.41. The summed E-state index contributed by atoms with van der Waals surface area (Å²) in [7, 11) is 0. The summed E-state index contributed by atoms with van der Waals surface area (Å²) in [5.74, 6) is -0.212. The van der Waals surface area contributed by atoms with E-state index in [1.165, 1.54) is 22.4 Å². The molecule has 1 amide bonds. The zero-order chi connectivity index (χ0) is 17.6. The third-order valence-corrected chi connectivity index (χ3v) is 4.39. The number of nitrogens with one attached hydrogen (secondary N) is 1. The SMILES string of the molecule is CCCn1nc(C(=O)N[C@@H]2CCN(Cc3ccccc3)C2)ccc1=O. The fourth-order valence-electron chi connectivity index (χ4n) is 3.14. The van der Waals surface area contributed by atoms with Crippen molar-refractivity contribution in [3.05, 3.63) is 64.1 Å². The monoisotopic (exact) mass is 340 g/mol. The van der Waals surface area contributed by atoms with Gasteiger partial charge in [0.15, 0.2) is 0 Å². The number of nitrogens with zero attached hydrogens (tertiary/aromatic N) is 3. The van der Waals surface area contributed by atoms with E-state index in [0.717, 1.165) is 32.5 Å². The highest BCUT2D eigenvalue weighted by Gasteiger charge is 2.24. The van der Waals surface area contributed by atoms with E-state index in [2.05, 4.69) is 27.4 Å². The predicted molar refractivity (Wildman–Crippen MR) is 96.4 cm³/mol. The summed E-state index contributed by atoms with van der Waals surface area (Å²) in [4.78, 5) is 26.5. The Balaban J connectivity index is 1.57. The fraction of sp³-hybridized carbons (Fsp3) is 0.421. The Bertz CT molecular complexity index is 772. The highest BCUT2D eigenvalue weighted by molar-refractivity contribution is 5.92. The van der Waals surface area contributed by atoms with E-state index in [-0.39, 0.29) is 17.5 Å². The molecule has 2 aromatic rings. The van der Waals surface area contributed by atoms with Gasteiger partial charge in [-0.2, -0.15) is 5.10 Å². The standard InChI is InChI=1S/C19H24N4O2/c1-2-11-23-18(24)9-8-17(21-23)19(25)20-16-10-12-22(14-16)13-15-6-4-3-5-7-15/h3-9,16H,2,10-14H2,1H3,(H,20,25)/t16-/m1/s1. The molecule has 1 aromatic carbocycles. The van der Waals surface area contributed by atoms with Crippen LogP contribution in [0.4, 0.5) is 0 Å². The Labute approximate surface area is 147 Å². The molecule has 0 bridgehead atoms. The first-order valence-corrected chi connectivity index (χ1v) is 8.81. The molecule has 3 rings (SSSR count). The number of benzene rings is 1. The Hall–Kier alpha value is -2.47. The molecule has 2 heterocycles. The number of carbonyl (C=O) groups is 1. The number of hydrogen-bond acceptors (Lipinski definition) is 4. The van der Waals surface area contributed by atoms with Crippen molar-refractivity contribution < 1.29 is 4.79 Å². The minimum atomic E-state index is -0.212. The van der Waals surface area contributed by atoms with Crippen LogP contribution >= 0.6 is 0 Å². The summed E-state index contributed by atoms with van der Waals surface area (Å²) in [5, 5.41) is 7.21. The van der Waals surface area contributed by atoms with Crippen LogP contribution in [-0.2, 0) is 13.1 Å². The van der Waals surface area contributed by atoms with Crippen molar-refractivity contribution in [3.63, 3.8) is 0 Å². The zero-order valence-corrected chi connectivity index (χ0v) is 14.5. The molecule has 1 N–H and O–H groups in total. The predicted octanol–water partition coefficient (Wildman–Crippen LogP) is 1.66. The van der Waals surface area contributed by atoms with Gasteiger partial charge < -0.3 is 5.32 Å². The Morgan fingerprint density at radius 3 is 2.80 bits per heavy atom. The van der Waals surface area contributed by atoms with Gasteiger partial charge in [0, 0.05) is 38.3 Å². The highest BCUT2D eigenvalue weighted by Crippen LogP contribution is 2.13. The van der Waals surface area contributed by atoms with Gasteiger partial charge in [0.2, 0.25) is 0 Å². The van der Waals surface area contributed by atoms with Gasteiger partial charge in [0.1, 0.15) is 5.69 Å². The molecule has 0 unspecified atom stereocenters. The Morgan fingerprint density at radius 2 is 2.04 bits per heavy atom. The topological polar surface area (TPSA) is 67.2 Å². The molecule has 6 heteroatoms. The highest BCUT2D eigenvalue weighted by atomic mass is 16.2. The van der Waals surface area contributed by atoms with Gasteiger partial charge >= 0.3 is 0 Å². The van der Waals surface area contributed by atoms with Crippen LogP contribution in [0, 0.1) is 0 Å². The second kappa shape index (κ2) is 8.07. The number of amides is 1. The second-order valence-corrected chi connectivity index (χ2v) is 6.46. The second-order valence-electron chi connectivity index (χ2n) is 6.46. The van der Waals surface area contributed by atoms with Crippen LogP contribution in [0.5, 0.6) is 0 Å². The molecule has 0 radical (unpaired) electrons. The van der Waals surface area contributed by atoms with Crippen molar-refractivity contribution in [3.8, 4) is 0 Å². The number of aromatic nitrogens is 2. The summed E-state index contributed by atoms with van der Waals surface area (Å²) < 4.78 is 1.35. The molecule has 25 heavy (non-hydrogen) atoms. The van der Waals surface area contributed by atoms with Crippen LogP contribution in [0.2, 0.25) is 0 Å². The fourth-order valence-corrected chi connectivity index (χ4v) is 3.14. The maximum absolute atomic E-state index is 12.4. The molecule has 1 aliphatic heterocycles. The van der Waals surface area contributed by atoms with Crippen LogP contribution in [0.25, 0.3) is 0 Å². The molecule has 1 aliphatic rings. The lowest BCUT2D eigenvalue weighted by molar-refractivity contribution is 0.0930. The van der Waals surface area contributed by atoms with Gasteiger partial charge in [-0.1, -0.05) is 37.3 Å². The van der Waals surface area contributed by atoms with E-state index >= 15 is 0 Å². The van der Waals surface area contributed by atoms with Gasteiger partial charge in [0.05, 0.1) is 0 Å². The molecule has 1 atom stereocenters. The summed E-state index contributed by atoms with van der Waals surface area (Å²) in [6.07, 6.45) is 1.72. The number of hydrogen-bond donors (Lipinski definition) is 1. The summed E-state index contributed by atoms with van der Waals surface area (Å²) in [6, 6.07) is 13.4. The largest absolute Gasteiger partial charge is 0.347 e. The number of likely N-dealkylation sites (tertiary alicyclic amines) is 1. The van der Waals surface area contributed by atoms with Gasteiger partial charge in [-0.05, 0) is 24.5 Å². The Morgan fingerprint density at radius 1 is 1.24 bits per heavy atom. The number of carbonyl (C=O) groups excluding carboxylic acids is 1. The molecule has 0 aliphatic carbocycles. The molecular weight excluding hydrogens is 316 g/mol. The van der Waals surface area contributed by atoms with Crippen molar-refractivity contribution in [1.29, 1.82) is 0 Å². The van der Waals surface area contributed by atoms with Crippen LogP contribution in [0.1, 0.15) is 35.8 Å². The zero-order valence-electron chi connectivity index (χ0n) is 14.5. The normalized spacial score (nSPS) is 17.6. The van der Waals surface area contributed by atoms with Crippen molar-refractivity contribution in [1.82, 2.24) is 20.0 Å². The first-order chi connectivity index (χ1) is 12.2. The van der Waals surface area contributed by atoms with Gasteiger partial charge in [-0.3, -0.25) is 14.5 Å². The first-order valence-electron chi connectivity index (χ1n) is 8.81. The minimum Gasteiger partial charge on any atom is -0.347 e. The van der Waals surface area contributed by atoms with E-state index < -0.39 is 0 Å². The maximum Gasteiger partial charge on any atom is 0.271 e. The summed E-state index contributed by atoms with van der Waals surface area (Å²) >= 11 is 0. The quantitative estimate of drug-likeness (QED) is 0.868. The first kappa shape index (κ1) is 17.4. The van der Waals surface area contributed by atoms with E-state index in [1.807, 2.05) is 25.1 Å². The summed E-state index contributed by atoms with van der Waals surface area (Å²) in [6.45, 7) is 5.18. The van der Waals surface area contributed by atoms with E-state index in [9.17, 15) is 9.59 Å². The molecule has 0 saturated carbocycles. The number of rotatable bonds is 6. The third-order valence-electron chi connectivity index (χ3n) is 4.39. The van der Waals surface area contributed by atoms with Crippen molar-refractivity contribution in [2.75, 3.05) is 13.1 Å². The van der Waals surface area contributed by atoms with E-state index in [1.54, 1.807) is 0 Å². The Kier molecular flexibility index (Phi) is 5.60. The van der Waals surface area contributed by atoms with Crippen molar-refractivity contribution >= 4 is 5.91 Å². The molecule has 132 valence electrons. The lowest BCUT2D eigenvalue weighted by Crippen LogP contribution is -2.38. The number of aryl methyl sites for hydroxylation is 1. The van der Waals surface area contributed by atoms with Crippen molar-refractivity contribution in [2.24, 2.45) is 0 Å². The van der Waals surface area contributed by atoms with Crippen LogP contribution in [0.15, 0.2) is 47.3 Å². The minimum absolute atomic E-state index is 0.115. The lowest BCUT2D eigenvalue weighted by Gasteiger charge is -2.16. The van der Waals surface area contributed by atoms with Crippen LogP contribution in [-0.4, -0.2) is 39.7 Å². The van der Waals surface area contributed by atoms with Gasteiger partial charge in [0.25, 0.3) is 11.5 Å². The smallest absolute Gasteiger partial charge is 0.271 e. The van der Waals surface area contributed by atoms with E-state index in [0.29, 0.717) is 12.2 Å². The van der Waals surface area contributed by atoms with Crippen molar-refractivity contribution in [2.45, 2.75) is 38.9 Å². The molecular formula is C19H24N4O2. The molecule has 1 aromatic heterocycles. The van der Waals surface area contributed by atoms with Crippen LogP contribution in [0.3, 0.4) is 0 Å². The third kappa shape index (κ3) is 4.54. The maximum atomic E-state index is 12.4. The average molecular weight is 340 g/mol. The molecule has 1 saturated heterocycles. The van der Waals surface area contributed by atoms with Gasteiger partial charge in [-0.25, -0.2) is 4.68 Å². The van der Waals surface area contributed by atoms with Crippen LogP contribution < -0.4 is 10.9 Å². The van der Waals surface area contributed by atoms with Gasteiger partial charge in [-0.15, -0.1) is 0 Å².